The zero-order chi connectivity index (χ0) is 27.6. The second kappa shape index (κ2) is 8.63. The minimum atomic E-state index is -4.83. The molecule has 204 valence electrons. The highest BCUT2D eigenvalue weighted by Crippen LogP contribution is 2.80. The summed E-state index contributed by atoms with van der Waals surface area (Å²) < 4.78 is 104. The molecule has 0 radical (unpaired) electrons. The van der Waals surface area contributed by atoms with Gasteiger partial charge in [0.05, 0.1) is 6.54 Å². The Kier molecular flexibility index (Phi) is 5.98. The number of halogens is 7. The second-order valence-corrected chi connectivity index (χ2v) is 10.1. The lowest BCUT2D eigenvalue weighted by Crippen LogP contribution is -2.76. The Hall–Kier alpha value is -3.26. The largest absolute Gasteiger partial charge is 0.491 e. The second-order valence-electron chi connectivity index (χ2n) is 10.1. The predicted molar refractivity (Wildman–Crippen MR) is 115 cm³/mol. The maximum absolute atomic E-state index is 16.2. The lowest BCUT2D eigenvalue weighted by atomic mass is 9.30. The zero-order valence-corrected chi connectivity index (χ0v) is 19.5. The van der Waals surface area contributed by atoms with Crippen LogP contribution in [0.4, 0.5) is 30.7 Å². The van der Waals surface area contributed by atoms with Gasteiger partial charge in [0.15, 0.2) is 11.7 Å². The highest BCUT2D eigenvalue weighted by Gasteiger charge is 2.82. The van der Waals surface area contributed by atoms with Crippen LogP contribution in [-0.4, -0.2) is 55.2 Å². The first-order valence-electron chi connectivity index (χ1n) is 11.5. The zero-order valence-electron chi connectivity index (χ0n) is 19.5. The first-order chi connectivity index (χ1) is 17.7. The highest BCUT2D eigenvalue weighted by atomic mass is 19.4. The summed E-state index contributed by atoms with van der Waals surface area (Å²) in [7, 11) is 0. The number of tetrazole rings is 1. The van der Waals surface area contributed by atoms with E-state index in [0.717, 1.165) is 17.1 Å². The van der Waals surface area contributed by atoms with E-state index in [9.17, 15) is 27.1 Å². The number of hydrogen-bond acceptors (Lipinski definition) is 6. The summed E-state index contributed by atoms with van der Waals surface area (Å²) in [5.41, 5.74) is -5.86. The number of benzene rings is 2. The first-order valence-corrected chi connectivity index (χ1v) is 11.5. The lowest BCUT2D eigenvalue weighted by Gasteiger charge is -2.74. The monoisotopic (exact) mass is 546 g/mol. The van der Waals surface area contributed by atoms with Crippen LogP contribution in [0.5, 0.6) is 5.75 Å². The fourth-order valence-electron chi connectivity index (χ4n) is 5.70. The van der Waals surface area contributed by atoms with Crippen molar-refractivity contribution in [2.24, 2.45) is 5.41 Å². The van der Waals surface area contributed by atoms with Crippen LogP contribution >= 0.6 is 0 Å². The van der Waals surface area contributed by atoms with Crippen molar-refractivity contribution < 1.29 is 45.7 Å². The molecular weight excluding hydrogens is 525 g/mol. The molecule has 0 amide bonds. The van der Waals surface area contributed by atoms with Gasteiger partial charge in [-0.05, 0) is 71.0 Å². The molecule has 1 heterocycles. The van der Waals surface area contributed by atoms with Gasteiger partial charge >= 0.3 is 6.18 Å². The average Bonchev–Trinajstić information content (AvgIpc) is 3.30. The van der Waals surface area contributed by atoms with Gasteiger partial charge in [0.1, 0.15) is 30.3 Å². The van der Waals surface area contributed by atoms with Crippen molar-refractivity contribution in [1.82, 2.24) is 20.2 Å². The van der Waals surface area contributed by atoms with Crippen molar-refractivity contribution in [3.8, 4) is 5.75 Å². The van der Waals surface area contributed by atoms with Crippen LogP contribution in [0.15, 0.2) is 48.8 Å². The molecule has 0 spiro atoms. The fraction of sp³-hybridized carbons (Fsp3) is 0.458. The van der Waals surface area contributed by atoms with E-state index < -0.39 is 65.0 Å². The Morgan fingerprint density at radius 1 is 1.00 bits per heavy atom. The molecule has 2 N–H and O–H groups in total. The van der Waals surface area contributed by atoms with Gasteiger partial charge in [-0.15, -0.1) is 5.10 Å². The average molecular weight is 546 g/mol. The van der Waals surface area contributed by atoms with Gasteiger partial charge in [0, 0.05) is 11.0 Å². The number of aliphatic hydroxyl groups excluding tert-OH is 1. The summed E-state index contributed by atoms with van der Waals surface area (Å²) in [6.45, 7) is -1.93. The quantitative estimate of drug-likeness (QED) is 0.396. The maximum atomic E-state index is 16.2. The molecule has 0 saturated heterocycles. The van der Waals surface area contributed by atoms with Crippen molar-refractivity contribution in [3.05, 3.63) is 71.6 Å². The number of ether oxygens (including phenoxy) is 1. The molecule has 3 aliphatic carbocycles. The molecular formula is C24H21F7N4O3. The number of nitrogens with zero attached hydrogens (tertiary/aromatic N) is 4. The summed E-state index contributed by atoms with van der Waals surface area (Å²) in [6.07, 6.45) is -6.74. The van der Waals surface area contributed by atoms with Gasteiger partial charge in [-0.3, -0.25) is 0 Å². The SMILES string of the molecule is O[C@H](COc1ccc(C23CC(C(F)(F)[C@@](O)(Cn4cnnn4)c4cc(F)ccc4F)(C2)C3)cc1)C(F)(F)F. The third kappa shape index (κ3) is 4.01. The van der Waals surface area contributed by atoms with Gasteiger partial charge in [-0.1, -0.05) is 12.1 Å². The van der Waals surface area contributed by atoms with Crippen LogP contribution in [0.3, 0.4) is 0 Å². The summed E-state index contributed by atoms with van der Waals surface area (Å²) in [4.78, 5) is 0. The molecule has 1 aromatic heterocycles. The predicted octanol–water partition coefficient (Wildman–Crippen LogP) is 3.90. The Morgan fingerprint density at radius 2 is 1.66 bits per heavy atom. The van der Waals surface area contributed by atoms with E-state index in [0.29, 0.717) is 17.7 Å². The van der Waals surface area contributed by atoms with Crippen LogP contribution < -0.4 is 4.74 Å². The number of alkyl halides is 5. The van der Waals surface area contributed by atoms with E-state index in [1.54, 1.807) is 0 Å². The van der Waals surface area contributed by atoms with Crippen molar-refractivity contribution >= 4 is 0 Å². The summed E-state index contributed by atoms with van der Waals surface area (Å²) in [5, 5.41) is 30.6. The molecule has 2 bridgehead atoms. The summed E-state index contributed by atoms with van der Waals surface area (Å²) >= 11 is 0. The van der Waals surface area contributed by atoms with E-state index in [-0.39, 0.29) is 25.0 Å². The molecule has 3 saturated carbocycles. The van der Waals surface area contributed by atoms with E-state index in [1.165, 1.54) is 24.3 Å². The lowest BCUT2D eigenvalue weighted by molar-refractivity contribution is -0.347. The molecule has 3 aliphatic rings. The molecule has 3 aromatic rings. The van der Waals surface area contributed by atoms with Crippen LogP contribution in [-0.2, 0) is 17.6 Å². The van der Waals surface area contributed by atoms with Crippen LogP contribution in [0, 0.1) is 17.0 Å². The van der Waals surface area contributed by atoms with Crippen molar-refractivity contribution in [2.45, 2.75) is 55.0 Å². The molecule has 38 heavy (non-hydrogen) atoms. The van der Waals surface area contributed by atoms with Gasteiger partial charge in [0.2, 0.25) is 0 Å². The fourth-order valence-corrected chi connectivity index (χ4v) is 5.70. The topological polar surface area (TPSA) is 93.3 Å². The summed E-state index contributed by atoms with van der Waals surface area (Å²) in [5.74, 6) is -6.10. The number of aromatic nitrogens is 4. The third-order valence-electron chi connectivity index (χ3n) is 7.62. The van der Waals surface area contributed by atoms with Crippen molar-refractivity contribution in [1.29, 1.82) is 0 Å². The standard InChI is InChI=1S/C24H21F7N4O3/c25-15-3-6-18(26)17(7-15)22(37,12-35-13-32-33-34-35)24(30,31)21-9-20(10-21,11-21)14-1-4-16(5-2-14)38-8-19(36)23(27,28)29/h1-7,13,19,36-37H,8-12H2/t19-,20?,21?,22-/m1/s1. The minimum Gasteiger partial charge on any atom is -0.491 e. The minimum absolute atomic E-state index is 0.0566. The molecule has 0 aliphatic heterocycles. The molecule has 7 nitrogen and oxygen atoms in total. The van der Waals surface area contributed by atoms with Crippen LogP contribution in [0.1, 0.15) is 30.4 Å². The Bertz CT molecular complexity index is 1300. The van der Waals surface area contributed by atoms with Crippen LogP contribution in [0.2, 0.25) is 0 Å². The highest BCUT2D eigenvalue weighted by molar-refractivity contribution is 5.44. The van der Waals surface area contributed by atoms with Crippen LogP contribution in [0.25, 0.3) is 0 Å². The Balaban J connectivity index is 1.36. The van der Waals surface area contributed by atoms with Gasteiger partial charge in [0.25, 0.3) is 5.92 Å². The third-order valence-corrected chi connectivity index (χ3v) is 7.62. The first kappa shape index (κ1) is 26.4. The van der Waals surface area contributed by atoms with Gasteiger partial charge < -0.3 is 14.9 Å². The molecule has 3 fully saturated rings. The number of rotatable bonds is 9. The normalized spacial score (nSPS) is 25.2. The van der Waals surface area contributed by atoms with Gasteiger partial charge in [-0.25, -0.2) is 22.2 Å². The van der Waals surface area contributed by atoms with E-state index in [4.69, 9.17) is 9.84 Å². The molecule has 0 unspecified atom stereocenters. The van der Waals surface area contributed by atoms with E-state index in [2.05, 4.69) is 15.5 Å². The summed E-state index contributed by atoms with van der Waals surface area (Å²) in [6, 6.07) is 7.77. The van der Waals surface area contributed by atoms with Crippen molar-refractivity contribution in [3.63, 3.8) is 0 Å². The van der Waals surface area contributed by atoms with E-state index in [1.807, 2.05) is 0 Å². The Labute approximate surface area is 210 Å². The maximum Gasteiger partial charge on any atom is 0.417 e. The smallest absolute Gasteiger partial charge is 0.417 e. The molecule has 2 atom stereocenters. The molecule has 14 heteroatoms. The number of hydrogen-bond donors (Lipinski definition) is 2. The van der Waals surface area contributed by atoms with Crippen molar-refractivity contribution in [2.75, 3.05) is 6.61 Å². The molecule has 2 aromatic carbocycles. The van der Waals surface area contributed by atoms with E-state index >= 15 is 8.78 Å². The number of aliphatic hydroxyl groups is 2. The van der Waals surface area contributed by atoms with Gasteiger partial charge in [-0.2, -0.15) is 13.2 Å². The molecule has 6 rings (SSSR count). The Morgan fingerprint density at radius 3 is 2.24 bits per heavy atom.